The SMILES string of the molecule is C=CCC(C)OC(=O)CCCCC(=O)OCCCCCCCCC. The van der Waals surface area contributed by atoms with E-state index in [0.717, 1.165) is 12.8 Å². The summed E-state index contributed by atoms with van der Waals surface area (Å²) in [7, 11) is 0. The van der Waals surface area contributed by atoms with Crippen molar-refractivity contribution in [1.29, 1.82) is 0 Å². The van der Waals surface area contributed by atoms with Gasteiger partial charge in [0.05, 0.1) is 6.61 Å². The summed E-state index contributed by atoms with van der Waals surface area (Å²) < 4.78 is 10.4. The Hall–Kier alpha value is -1.32. The smallest absolute Gasteiger partial charge is 0.306 e. The molecule has 1 unspecified atom stereocenters. The van der Waals surface area contributed by atoms with E-state index in [1.54, 1.807) is 6.08 Å². The predicted molar refractivity (Wildman–Crippen MR) is 97.8 cm³/mol. The average Bonchev–Trinajstić information content (AvgIpc) is 2.54. The summed E-state index contributed by atoms with van der Waals surface area (Å²) in [5, 5.41) is 0. The summed E-state index contributed by atoms with van der Waals surface area (Å²) in [5.74, 6) is -0.366. The molecule has 4 heteroatoms. The second-order valence-corrected chi connectivity index (χ2v) is 6.37. The quantitative estimate of drug-likeness (QED) is 0.216. The Morgan fingerprint density at radius 1 is 0.917 bits per heavy atom. The Balaban J connectivity index is 3.40. The van der Waals surface area contributed by atoms with Gasteiger partial charge >= 0.3 is 11.9 Å². The third-order valence-corrected chi connectivity index (χ3v) is 3.85. The Morgan fingerprint density at radius 3 is 2.12 bits per heavy atom. The molecule has 1 atom stereocenters. The normalized spacial score (nSPS) is 11.8. The van der Waals surface area contributed by atoms with Crippen molar-refractivity contribution >= 4 is 11.9 Å². The van der Waals surface area contributed by atoms with Gasteiger partial charge in [-0.25, -0.2) is 0 Å². The van der Waals surface area contributed by atoms with Crippen LogP contribution in [0, 0.1) is 0 Å². The fourth-order valence-electron chi connectivity index (χ4n) is 2.42. The summed E-state index contributed by atoms with van der Waals surface area (Å²) in [5.41, 5.74) is 0. The van der Waals surface area contributed by atoms with E-state index in [9.17, 15) is 9.59 Å². The molecule has 0 fully saturated rings. The molecule has 0 aliphatic rings. The van der Waals surface area contributed by atoms with E-state index in [1.807, 2.05) is 6.92 Å². The lowest BCUT2D eigenvalue weighted by molar-refractivity contribution is -0.149. The van der Waals surface area contributed by atoms with Crippen LogP contribution in [0.3, 0.4) is 0 Å². The lowest BCUT2D eigenvalue weighted by atomic mass is 10.1. The standard InChI is InChI=1S/C20H36O4/c1-4-6-7-8-9-10-13-17-23-19(21)15-11-12-16-20(22)24-18(3)14-5-2/h5,18H,2,4,6-17H2,1,3H3. The second kappa shape index (κ2) is 16.5. The fraction of sp³-hybridized carbons (Fsp3) is 0.800. The number of rotatable bonds is 16. The molecule has 140 valence electrons. The van der Waals surface area contributed by atoms with Crippen molar-refractivity contribution < 1.29 is 19.1 Å². The van der Waals surface area contributed by atoms with Gasteiger partial charge in [0, 0.05) is 19.3 Å². The Kier molecular flexibility index (Phi) is 15.6. The molecule has 0 saturated heterocycles. The van der Waals surface area contributed by atoms with Crippen LogP contribution in [0.25, 0.3) is 0 Å². The lowest BCUT2D eigenvalue weighted by Crippen LogP contribution is -2.14. The summed E-state index contributed by atoms with van der Waals surface area (Å²) in [6, 6.07) is 0. The van der Waals surface area contributed by atoms with Gasteiger partial charge in [0.25, 0.3) is 0 Å². The zero-order valence-electron chi connectivity index (χ0n) is 15.7. The van der Waals surface area contributed by atoms with Crippen molar-refractivity contribution in [1.82, 2.24) is 0 Å². The molecule has 0 aromatic carbocycles. The van der Waals surface area contributed by atoms with E-state index < -0.39 is 0 Å². The Bertz CT molecular complexity index is 339. The number of esters is 2. The van der Waals surface area contributed by atoms with Gasteiger partial charge in [0.2, 0.25) is 0 Å². The van der Waals surface area contributed by atoms with Gasteiger partial charge in [-0.3, -0.25) is 9.59 Å². The van der Waals surface area contributed by atoms with Gasteiger partial charge in [-0.1, -0.05) is 51.5 Å². The molecule has 0 aliphatic heterocycles. The van der Waals surface area contributed by atoms with E-state index >= 15 is 0 Å². The summed E-state index contributed by atoms with van der Waals surface area (Å²) in [6.07, 6.45) is 12.8. The van der Waals surface area contributed by atoms with Crippen LogP contribution in [0.2, 0.25) is 0 Å². The highest BCUT2D eigenvalue weighted by Crippen LogP contribution is 2.08. The number of carbonyl (C=O) groups excluding carboxylic acids is 2. The zero-order valence-corrected chi connectivity index (χ0v) is 15.7. The van der Waals surface area contributed by atoms with Gasteiger partial charge < -0.3 is 9.47 Å². The van der Waals surface area contributed by atoms with Crippen molar-refractivity contribution in [3.05, 3.63) is 12.7 Å². The molecular weight excluding hydrogens is 304 g/mol. The van der Waals surface area contributed by atoms with Crippen molar-refractivity contribution in [2.24, 2.45) is 0 Å². The van der Waals surface area contributed by atoms with Crippen LogP contribution in [-0.4, -0.2) is 24.6 Å². The molecule has 0 heterocycles. The molecule has 0 amide bonds. The molecule has 0 radical (unpaired) electrons. The minimum absolute atomic E-state index is 0.123. The number of hydrogen-bond acceptors (Lipinski definition) is 4. The molecule has 0 aliphatic carbocycles. The number of ether oxygens (including phenoxy) is 2. The van der Waals surface area contributed by atoms with Crippen LogP contribution in [0.4, 0.5) is 0 Å². The van der Waals surface area contributed by atoms with Crippen LogP contribution in [0.5, 0.6) is 0 Å². The molecule has 4 nitrogen and oxygen atoms in total. The van der Waals surface area contributed by atoms with E-state index in [-0.39, 0.29) is 18.0 Å². The monoisotopic (exact) mass is 340 g/mol. The Labute approximate surface area is 148 Å². The van der Waals surface area contributed by atoms with E-state index in [2.05, 4.69) is 13.5 Å². The highest BCUT2D eigenvalue weighted by atomic mass is 16.5. The maximum absolute atomic E-state index is 11.6. The van der Waals surface area contributed by atoms with E-state index in [0.29, 0.717) is 38.7 Å². The largest absolute Gasteiger partial charge is 0.466 e. The third kappa shape index (κ3) is 15.6. The molecule has 0 N–H and O–H groups in total. The maximum Gasteiger partial charge on any atom is 0.306 e. The lowest BCUT2D eigenvalue weighted by Gasteiger charge is -2.10. The molecule has 24 heavy (non-hydrogen) atoms. The summed E-state index contributed by atoms with van der Waals surface area (Å²) in [4.78, 5) is 23.1. The number of unbranched alkanes of at least 4 members (excludes halogenated alkanes) is 7. The molecule has 0 rings (SSSR count). The van der Waals surface area contributed by atoms with E-state index in [4.69, 9.17) is 9.47 Å². The third-order valence-electron chi connectivity index (χ3n) is 3.85. The Morgan fingerprint density at radius 2 is 1.50 bits per heavy atom. The number of carbonyl (C=O) groups is 2. The molecule has 0 saturated carbocycles. The molecule has 0 spiro atoms. The van der Waals surface area contributed by atoms with Crippen molar-refractivity contribution in [3.8, 4) is 0 Å². The highest BCUT2D eigenvalue weighted by Gasteiger charge is 2.09. The first-order chi connectivity index (χ1) is 11.6. The van der Waals surface area contributed by atoms with E-state index in [1.165, 1.54) is 32.1 Å². The topological polar surface area (TPSA) is 52.6 Å². The first-order valence-electron chi connectivity index (χ1n) is 9.56. The van der Waals surface area contributed by atoms with Crippen LogP contribution >= 0.6 is 0 Å². The predicted octanol–water partition coefficient (Wildman–Crippen LogP) is 5.35. The van der Waals surface area contributed by atoms with Gasteiger partial charge in [0.1, 0.15) is 6.10 Å². The maximum atomic E-state index is 11.6. The first-order valence-corrected chi connectivity index (χ1v) is 9.56. The molecule has 0 aromatic rings. The van der Waals surface area contributed by atoms with Crippen LogP contribution in [0.1, 0.15) is 90.9 Å². The second-order valence-electron chi connectivity index (χ2n) is 6.37. The summed E-state index contributed by atoms with van der Waals surface area (Å²) in [6.45, 7) is 8.20. The zero-order chi connectivity index (χ0) is 18.0. The molecular formula is C20H36O4. The average molecular weight is 341 g/mol. The van der Waals surface area contributed by atoms with Gasteiger partial charge in [-0.2, -0.15) is 0 Å². The van der Waals surface area contributed by atoms with Gasteiger partial charge in [-0.05, 0) is 26.2 Å². The van der Waals surface area contributed by atoms with Crippen LogP contribution < -0.4 is 0 Å². The van der Waals surface area contributed by atoms with Crippen LogP contribution in [0.15, 0.2) is 12.7 Å². The van der Waals surface area contributed by atoms with Crippen molar-refractivity contribution in [3.63, 3.8) is 0 Å². The van der Waals surface area contributed by atoms with Gasteiger partial charge in [-0.15, -0.1) is 6.58 Å². The number of hydrogen-bond donors (Lipinski definition) is 0. The first kappa shape index (κ1) is 22.7. The van der Waals surface area contributed by atoms with Crippen molar-refractivity contribution in [2.75, 3.05) is 6.61 Å². The highest BCUT2D eigenvalue weighted by molar-refractivity contribution is 5.70. The minimum Gasteiger partial charge on any atom is -0.466 e. The van der Waals surface area contributed by atoms with Crippen molar-refractivity contribution in [2.45, 2.75) is 97.0 Å². The van der Waals surface area contributed by atoms with Crippen LogP contribution in [-0.2, 0) is 19.1 Å². The van der Waals surface area contributed by atoms with Gasteiger partial charge in [0.15, 0.2) is 0 Å². The summed E-state index contributed by atoms with van der Waals surface area (Å²) >= 11 is 0. The fourth-order valence-corrected chi connectivity index (χ4v) is 2.42. The minimum atomic E-state index is -0.208. The molecule has 0 bridgehead atoms. The molecule has 0 aromatic heterocycles.